The third-order valence-electron chi connectivity index (χ3n) is 7.62. The Bertz CT molecular complexity index is 1590. The zero-order valence-corrected chi connectivity index (χ0v) is 26.5. The Kier molecular flexibility index (Phi) is 9.31. The summed E-state index contributed by atoms with van der Waals surface area (Å²) in [6, 6.07) is 14.6. The summed E-state index contributed by atoms with van der Waals surface area (Å²) in [6.07, 6.45) is 6.24. The van der Waals surface area contributed by atoms with E-state index in [1.807, 2.05) is 36.4 Å². The molecule has 2 aromatic heterocycles. The first-order chi connectivity index (χ1) is 20.1. The molecular formula is C33H34Cl2N2O4S. The molecule has 2 aromatic carbocycles. The quantitative estimate of drug-likeness (QED) is 0.188. The minimum absolute atomic E-state index is 0.132. The predicted molar refractivity (Wildman–Crippen MR) is 170 cm³/mol. The number of ether oxygens (including phenoxy) is 2. The van der Waals surface area contributed by atoms with Crippen molar-refractivity contribution in [2.75, 3.05) is 7.11 Å². The molecule has 5 rings (SSSR count). The zero-order chi connectivity index (χ0) is 29.9. The molecule has 1 N–H and O–H groups in total. The minimum Gasteiger partial charge on any atom is -0.493 e. The number of aliphatic imine (C=N–C) groups is 1. The van der Waals surface area contributed by atoms with Crippen LogP contribution in [0.2, 0.25) is 10.0 Å². The van der Waals surface area contributed by atoms with Crippen LogP contribution in [0.1, 0.15) is 64.9 Å². The standard InChI is InChI=1S/C33H34Cl2N2O4S/c1-33(2,3)22-9-11-25-29(15-22)42-32(30(25)31(38)36-18-24-6-5-13-40-24)37-17-20-7-12-27(28(14-20)39-4)41-19-21-8-10-23(34)16-26(21)35/h5-8,10,12-14,16-17,22H,9,11,15,18-19H2,1-4H3,(H,36,38)/t22-/m0/s1. The van der Waals surface area contributed by atoms with Crippen molar-refractivity contribution in [3.63, 3.8) is 0 Å². The fraction of sp³-hybridized carbons (Fsp3) is 0.333. The highest BCUT2D eigenvalue weighted by Crippen LogP contribution is 2.45. The van der Waals surface area contributed by atoms with Gasteiger partial charge < -0.3 is 19.2 Å². The van der Waals surface area contributed by atoms with Crippen LogP contribution in [-0.4, -0.2) is 19.2 Å². The summed E-state index contributed by atoms with van der Waals surface area (Å²) in [6.45, 7) is 7.46. The van der Waals surface area contributed by atoms with Crippen LogP contribution in [0.4, 0.5) is 5.00 Å². The fourth-order valence-corrected chi connectivity index (χ4v) is 6.85. The van der Waals surface area contributed by atoms with Gasteiger partial charge in [-0.2, -0.15) is 0 Å². The third-order valence-corrected chi connectivity index (χ3v) is 9.37. The van der Waals surface area contributed by atoms with E-state index in [0.717, 1.165) is 36.0 Å². The van der Waals surface area contributed by atoms with Crippen molar-refractivity contribution in [3.8, 4) is 11.5 Å². The lowest BCUT2D eigenvalue weighted by atomic mass is 9.72. The first-order valence-corrected chi connectivity index (χ1v) is 15.4. The Hall–Kier alpha value is -3.26. The summed E-state index contributed by atoms with van der Waals surface area (Å²) in [4.78, 5) is 19.6. The van der Waals surface area contributed by atoms with Crippen molar-refractivity contribution < 1.29 is 18.7 Å². The first kappa shape index (κ1) is 30.2. The molecule has 0 radical (unpaired) electrons. The van der Waals surface area contributed by atoms with E-state index < -0.39 is 0 Å². The van der Waals surface area contributed by atoms with Gasteiger partial charge in [0.25, 0.3) is 5.91 Å². The number of hydrogen-bond acceptors (Lipinski definition) is 6. The zero-order valence-electron chi connectivity index (χ0n) is 24.1. The van der Waals surface area contributed by atoms with Gasteiger partial charge in [0.05, 0.1) is 25.5 Å². The van der Waals surface area contributed by atoms with E-state index in [2.05, 4.69) is 26.1 Å². The predicted octanol–water partition coefficient (Wildman–Crippen LogP) is 9.07. The van der Waals surface area contributed by atoms with Gasteiger partial charge in [-0.1, -0.05) is 50.0 Å². The van der Waals surface area contributed by atoms with Gasteiger partial charge in [-0.3, -0.25) is 4.79 Å². The van der Waals surface area contributed by atoms with E-state index in [-0.39, 0.29) is 17.9 Å². The number of benzene rings is 2. The lowest BCUT2D eigenvalue weighted by Gasteiger charge is -2.33. The average molecular weight is 626 g/mol. The highest BCUT2D eigenvalue weighted by Gasteiger charge is 2.33. The van der Waals surface area contributed by atoms with E-state index in [9.17, 15) is 4.79 Å². The van der Waals surface area contributed by atoms with E-state index in [0.29, 0.717) is 50.3 Å². The van der Waals surface area contributed by atoms with Crippen molar-refractivity contribution in [3.05, 3.63) is 97.7 Å². The molecule has 0 unspecified atom stereocenters. The molecule has 0 bridgehead atoms. The molecule has 2 heterocycles. The summed E-state index contributed by atoms with van der Waals surface area (Å²) in [5.74, 6) is 2.28. The molecule has 0 aliphatic heterocycles. The van der Waals surface area contributed by atoms with Crippen LogP contribution in [-0.2, 0) is 26.0 Å². The van der Waals surface area contributed by atoms with Gasteiger partial charge in [-0.25, -0.2) is 4.99 Å². The van der Waals surface area contributed by atoms with E-state index in [1.165, 1.54) is 4.88 Å². The van der Waals surface area contributed by atoms with Crippen molar-refractivity contribution in [2.24, 2.45) is 16.3 Å². The normalized spacial score (nSPS) is 15.0. The second kappa shape index (κ2) is 12.9. The molecule has 1 atom stereocenters. The number of fused-ring (bicyclic) bond motifs is 1. The van der Waals surface area contributed by atoms with Crippen LogP contribution in [0.15, 0.2) is 64.2 Å². The Morgan fingerprint density at radius 2 is 2.00 bits per heavy atom. The van der Waals surface area contributed by atoms with E-state index in [1.54, 1.807) is 43.1 Å². The SMILES string of the molecule is COc1cc(C=Nc2sc3c(c2C(=O)NCc2ccco2)CC[C@H](C(C)(C)C)C3)ccc1OCc1ccc(Cl)cc1Cl. The topological polar surface area (TPSA) is 73.1 Å². The number of methoxy groups -OCH3 is 1. The van der Waals surface area contributed by atoms with Gasteiger partial charge in [0, 0.05) is 26.7 Å². The Morgan fingerprint density at radius 3 is 2.71 bits per heavy atom. The molecule has 1 amide bonds. The first-order valence-electron chi connectivity index (χ1n) is 13.9. The van der Waals surface area contributed by atoms with E-state index in [4.69, 9.17) is 42.1 Å². The molecule has 0 saturated carbocycles. The maximum atomic E-state index is 13.5. The summed E-state index contributed by atoms with van der Waals surface area (Å²) < 4.78 is 17.0. The average Bonchev–Trinajstić information content (AvgIpc) is 3.61. The summed E-state index contributed by atoms with van der Waals surface area (Å²) in [5.41, 5.74) is 3.63. The van der Waals surface area contributed by atoms with Crippen LogP contribution in [0.3, 0.4) is 0 Å². The van der Waals surface area contributed by atoms with Crippen LogP contribution < -0.4 is 14.8 Å². The van der Waals surface area contributed by atoms with Gasteiger partial charge in [-0.05, 0) is 84.2 Å². The third kappa shape index (κ3) is 7.02. The van der Waals surface area contributed by atoms with Gasteiger partial charge >= 0.3 is 0 Å². The molecule has 4 aromatic rings. The lowest BCUT2D eigenvalue weighted by Crippen LogP contribution is -2.28. The molecule has 6 nitrogen and oxygen atoms in total. The molecule has 220 valence electrons. The van der Waals surface area contributed by atoms with E-state index >= 15 is 0 Å². The number of furan rings is 1. The number of carbonyl (C=O) groups excluding carboxylic acids is 1. The number of rotatable bonds is 9. The summed E-state index contributed by atoms with van der Waals surface area (Å²) in [5, 5.41) is 4.85. The summed E-state index contributed by atoms with van der Waals surface area (Å²) in [7, 11) is 1.60. The largest absolute Gasteiger partial charge is 0.493 e. The number of carbonyl (C=O) groups is 1. The number of halogens is 2. The number of hydrogen-bond donors (Lipinski definition) is 1. The number of nitrogens with zero attached hydrogens (tertiary/aromatic N) is 1. The smallest absolute Gasteiger partial charge is 0.255 e. The molecule has 1 aliphatic carbocycles. The Morgan fingerprint density at radius 1 is 1.17 bits per heavy atom. The Balaban J connectivity index is 1.38. The van der Waals surface area contributed by atoms with Crippen molar-refractivity contribution in [1.82, 2.24) is 5.32 Å². The highest BCUT2D eigenvalue weighted by atomic mass is 35.5. The Labute approximate surface area is 260 Å². The number of amides is 1. The molecular weight excluding hydrogens is 591 g/mol. The lowest BCUT2D eigenvalue weighted by molar-refractivity contribution is 0.0947. The van der Waals surface area contributed by atoms with Gasteiger partial charge in [-0.15, -0.1) is 11.3 Å². The van der Waals surface area contributed by atoms with Crippen molar-refractivity contribution in [1.29, 1.82) is 0 Å². The molecule has 0 fully saturated rings. The fourth-order valence-electron chi connectivity index (χ4n) is 5.12. The number of nitrogens with one attached hydrogen (secondary N) is 1. The maximum Gasteiger partial charge on any atom is 0.255 e. The molecule has 1 aliphatic rings. The van der Waals surface area contributed by atoms with Crippen LogP contribution in [0.25, 0.3) is 0 Å². The highest BCUT2D eigenvalue weighted by molar-refractivity contribution is 7.16. The second-order valence-corrected chi connectivity index (χ2v) is 13.4. The molecule has 9 heteroatoms. The van der Waals surface area contributed by atoms with Crippen LogP contribution in [0.5, 0.6) is 11.5 Å². The monoisotopic (exact) mass is 624 g/mol. The van der Waals surface area contributed by atoms with Crippen molar-refractivity contribution >= 4 is 51.7 Å². The van der Waals surface area contributed by atoms with Crippen LogP contribution >= 0.6 is 34.5 Å². The molecule has 0 spiro atoms. The maximum absolute atomic E-state index is 13.5. The summed E-state index contributed by atoms with van der Waals surface area (Å²) >= 11 is 13.9. The van der Waals surface area contributed by atoms with Gasteiger partial charge in [0.15, 0.2) is 11.5 Å². The molecule has 0 saturated heterocycles. The van der Waals surface area contributed by atoms with Crippen LogP contribution in [0, 0.1) is 11.3 Å². The minimum atomic E-state index is -0.132. The number of thiophene rings is 1. The second-order valence-electron chi connectivity index (χ2n) is 11.4. The van der Waals surface area contributed by atoms with Crippen molar-refractivity contribution in [2.45, 2.75) is 53.2 Å². The molecule has 42 heavy (non-hydrogen) atoms. The van der Waals surface area contributed by atoms with Gasteiger partial charge in [0.2, 0.25) is 0 Å². The van der Waals surface area contributed by atoms with Gasteiger partial charge in [0.1, 0.15) is 17.4 Å².